The standard InChI is InChI=1S/C18H21FN2O3/c1-21(11-16(22)12-6-7-12)18(23)20-10-13-8-9-17(24-13)14-4-2-3-5-15(14)19/h2-5,8-9,12,16,22H,6-7,10-11H2,1H3,(H,20,23)/t16-/m1/s1. The van der Waals surface area contributed by atoms with Crippen molar-refractivity contribution in [1.29, 1.82) is 0 Å². The zero-order valence-corrected chi connectivity index (χ0v) is 13.5. The van der Waals surface area contributed by atoms with Crippen molar-refractivity contribution in [2.24, 2.45) is 5.92 Å². The van der Waals surface area contributed by atoms with Crippen molar-refractivity contribution in [2.75, 3.05) is 13.6 Å². The molecule has 128 valence electrons. The lowest BCUT2D eigenvalue weighted by molar-refractivity contribution is 0.113. The number of urea groups is 1. The van der Waals surface area contributed by atoms with Crippen LogP contribution in [0, 0.1) is 11.7 Å². The van der Waals surface area contributed by atoms with Crippen LogP contribution in [0.2, 0.25) is 0 Å². The molecule has 5 nitrogen and oxygen atoms in total. The summed E-state index contributed by atoms with van der Waals surface area (Å²) in [5.41, 5.74) is 0.389. The summed E-state index contributed by atoms with van der Waals surface area (Å²) in [5.74, 6) is 0.942. The number of carbonyl (C=O) groups excluding carboxylic acids is 1. The van der Waals surface area contributed by atoms with Crippen LogP contribution in [0.15, 0.2) is 40.8 Å². The van der Waals surface area contributed by atoms with Crippen molar-refractivity contribution >= 4 is 6.03 Å². The SMILES string of the molecule is CN(C[C@@H](O)C1CC1)C(=O)NCc1ccc(-c2ccccc2F)o1. The molecule has 3 rings (SSSR count). The van der Waals surface area contributed by atoms with E-state index >= 15 is 0 Å². The van der Waals surface area contributed by atoms with Gasteiger partial charge in [-0.25, -0.2) is 9.18 Å². The number of aliphatic hydroxyl groups is 1. The van der Waals surface area contributed by atoms with E-state index in [1.807, 2.05) is 0 Å². The zero-order chi connectivity index (χ0) is 17.1. The van der Waals surface area contributed by atoms with Crippen LogP contribution in [0.5, 0.6) is 0 Å². The molecule has 1 heterocycles. The lowest BCUT2D eigenvalue weighted by atomic mass is 10.1. The number of benzene rings is 1. The van der Waals surface area contributed by atoms with Crippen LogP contribution in [0.4, 0.5) is 9.18 Å². The maximum absolute atomic E-state index is 13.7. The summed E-state index contributed by atoms with van der Waals surface area (Å²) in [5, 5.41) is 12.6. The maximum Gasteiger partial charge on any atom is 0.317 e. The molecule has 1 aromatic heterocycles. The Morgan fingerprint density at radius 2 is 2.12 bits per heavy atom. The van der Waals surface area contributed by atoms with Crippen molar-refractivity contribution < 1.29 is 18.7 Å². The van der Waals surface area contributed by atoms with Gasteiger partial charge in [0.1, 0.15) is 17.3 Å². The van der Waals surface area contributed by atoms with E-state index in [0.29, 0.717) is 29.5 Å². The molecule has 1 atom stereocenters. The van der Waals surface area contributed by atoms with E-state index in [-0.39, 0.29) is 18.4 Å². The Kier molecular flexibility index (Phi) is 4.85. The summed E-state index contributed by atoms with van der Waals surface area (Å²) in [4.78, 5) is 13.5. The Bertz CT molecular complexity index is 712. The third kappa shape index (κ3) is 3.94. The molecule has 0 unspecified atom stereocenters. The first-order chi connectivity index (χ1) is 11.5. The molecule has 0 bridgehead atoms. The number of nitrogens with one attached hydrogen (secondary N) is 1. The molecule has 24 heavy (non-hydrogen) atoms. The van der Waals surface area contributed by atoms with E-state index in [0.717, 1.165) is 12.8 Å². The first-order valence-electron chi connectivity index (χ1n) is 8.05. The fourth-order valence-corrected chi connectivity index (χ4v) is 2.57. The third-order valence-corrected chi connectivity index (χ3v) is 4.19. The average molecular weight is 332 g/mol. The summed E-state index contributed by atoms with van der Waals surface area (Å²) in [6, 6.07) is 9.49. The molecule has 1 fully saturated rings. The number of hydrogen-bond acceptors (Lipinski definition) is 3. The van der Waals surface area contributed by atoms with Crippen LogP contribution in [-0.4, -0.2) is 35.7 Å². The van der Waals surface area contributed by atoms with Gasteiger partial charge in [-0.1, -0.05) is 12.1 Å². The molecule has 1 aliphatic rings. The summed E-state index contributed by atoms with van der Waals surface area (Å²) in [6.07, 6.45) is 1.60. The van der Waals surface area contributed by atoms with Gasteiger partial charge in [0.15, 0.2) is 0 Å². The first-order valence-corrected chi connectivity index (χ1v) is 8.05. The Labute approximate surface area is 140 Å². The molecule has 0 spiro atoms. The highest BCUT2D eigenvalue weighted by molar-refractivity contribution is 5.73. The van der Waals surface area contributed by atoms with Gasteiger partial charge < -0.3 is 19.7 Å². The number of halogens is 1. The average Bonchev–Trinajstić information content (AvgIpc) is 3.32. The molecule has 0 saturated heterocycles. The van der Waals surface area contributed by atoms with Gasteiger partial charge in [0.2, 0.25) is 0 Å². The number of carbonyl (C=O) groups is 1. The van der Waals surface area contributed by atoms with Crippen molar-refractivity contribution in [2.45, 2.75) is 25.5 Å². The quantitative estimate of drug-likeness (QED) is 0.855. The van der Waals surface area contributed by atoms with Gasteiger partial charge >= 0.3 is 6.03 Å². The lowest BCUT2D eigenvalue weighted by Gasteiger charge is -2.20. The highest BCUT2D eigenvalue weighted by atomic mass is 19.1. The summed E-state index contributed by atoms with van der Waals surface area (Å²) < 4.78 is 19.3. The van der Waals surface area contributed by atoms with E-state index in [1.165, 1.54) is 11.0 Å². The minimum absolute atomic E-state index is 0.206. The molecule has 0 radical (unpaired) electrons. The number of aliphatic hydroxyl groups excluding tert-OH is 1. The molecule has 1 saturated carbocycles. The monoisotopic (exact) mass is 332 g/mol. The van der Waals surface area contributed by atoms with E-state index in [4.69, 9.17) is 4.42 Å². The van der Waals surface area contributed by atoms with Gasteiger partial charge in [-0.05, 0) is 43.0 Å². The number of hydrogen-bond donors (Lipinski definition) is 2. The molecular formula is C18H21FN2O3. The maximum atomic E-state index is 13.7. The summed E-state index contributed by atoms with van der Waals surface area (Å²) in [6.45, 7) is 0.520. The van der Waals surface area contributed by atoms with Gasteiger partial charge in [-0.3, -0.25) is 0 Å². The topological polar surface area (TPSA) is 65.7 Å². The van der Waals surface area contributed by atoms with Crippen molar-refractivity contribution in [3.05, 3.63) is 48.0 Å². The van der Waals surface area contributed by atoms with Crippen molar-refractivity contribution in [3.63, 3.8) is 0 Å². The number of rotatable bonds is 6. The van der Waals surface area contributed by atoms with Gasteiger partial charge in [-0.15, -0.1) is 0 Å². The lowest BCUT2D eigenvalue weighted by Crippen LogP contribution is -2.41. The van der Waals surface area contributed by atoms with E-state index in [9.17, 15) is 14.3 Å². The van der Waals surface area contributed by atoms with Crippen LogP contribution >= 0.6 is 0 Å². The smallest absolute Gasteiger partial charge is 0.317 e. The molecule has 6 heteroatoms. The van der Waals surface area contributed by atoms with Crippen LogP contribution in [0.25, 0.3) is 11.3 Å². The number of nitrogens with zero attached hydrogens (tertiary/aromatic N) is 1. The molecule has 0 aliphatic heterocycles. The second kappa shape index (κ2) is 7.05. The minimum atomic E-state index is -0.461. The highest BCUT2D eigenvalue weighted by Crippen LogP contribution is 2.32. The van der Waals surface area contributed by atoms with Crippen LogP contribution in [0.1, 0.15) is 18.6 Å². The zero-order valence-electron chi connectivity index (χ0n) is 13.5. The van der Waals surface area contributed by atoms with Gasteiger partial charge in [0.05, 0.1) is 18.2 Å². The molecule has 2 amide bonds. The Morgan fingerprint density at radius 1 is 1.38 bits per heavy atom. The molecule has 2 aromatic rings. The second-order valence-electron chi connectivity index (χ2n) is 6.19. The molecule has 1 aliphatic carbocycles. The van der Waals surface area contributed by atoms with Gasteiger partial charge in [-0.2, -0.15) is 0 Å². The minimum Gasteiger partial charge on any atom is -0.459 e. The van der Waals surface area contributed by atoms with E-state index in [2.05, 4.69) is 5.32 Å². The second-order valence-corrected chi connectivity index (χ2v) is 6.19. The van der Waals surface area contributed by atoms with E-state index < -0.39 is 6.10 Å². The molecule has 2 N–H and O–H groups in total. The summed E-state index contributed by atoms with van der Waals surface area (Å²) in [7, 11) is 1.65. The largest absolute Gasteiger partial charge is 0.459 e. The third-order valence-electron chi connectivity index (χ3n) is 4.19. The predicted octanol–water partition coefficient (Wildman–Crippen LogP) is 3.00. The number of furan rings is 1. The molecule has 1 aromatic carbocycles. The Morgan fingerprint density at radius 3 is 2.83 bits per heavy atom. The predicted molar refractivity (Wildman–Crippen MR) is 87.7 cm³/mol. The van der Waals surface area contributed by atoms with Crippen LogP contribution in [0.3, 0.4) is 0 Å². The normalized spacial score (nSPS) is 15.1. The highest BCUT2D eigenvalue weighted by Gasteiger charge is 2.31. The van der Waals surface area contributed by atoms with E-state index in [1.54, 1.807) is 37.4 Å². The van der Waals surface area contributed by atoms with Crippen molar-refractivity contribution in [1.82, 2.24) is 10.2 Å². The molecular weight excluding hydrogens is 311 g/mol. The number of likely N-dealkylation sites (N-methyl/N-ethyl adjacent to an activating group) is 1. The Hall–Kier alpha value is -2.34. The van der Waals surface area contributed by atoms with Gasteiger partial charge in [0.25, 0.3) is 0 Å². The first kappa shape index (κ1) is 16.5. The summed E-state index contributed by atoms with van der Waals surface area (Å²) >= 11 is 0. The Balaban J connectivity index is 1.53. The van der Waals surface area contributed by atoms with Gasteiger partial charge in [0, 0.05) is 13.6 Å². The van der Waals surface area contributed by atoms with Crippen LogP contribution < -0.4 is 5.32 Å². The van der Waals surface area contributed by atoms with Crippen molar-refractivity contribution in [3.8, 4) is 11.3 Å². The van der Waals surface area contributed by atoms with Crippen LogP contribution in [-0.2, 0) is 6.54 Å². The fraction of sp³-hybridized carbons (Fsp3) is 0.389. The number of amides is 2. The fourth-order valence-electron chi connectivity index (χ4n) is 2.57.